The van der Waals surface area contributed by atoms with E-state index in [-0.39, 0.29) is 38.6 Å². The summed E-state index contributed by atoms with van der Waals surface area (Å²) in [5.74, 6) is -2.21. The summed E-state index contributed by atoms with van der Waals surface area (Å²) in [4.78, 5) is 7.52. The minimum Gasteiger partial charge on any atom is -0.252 e. The number of aromatic nitrogens is 4. The molecule has 0 radical (unpaired) electrons. The SMILES string of the molecule is CCS(=O)(=O)c1cc(-c2cc(F)cc(F)c2)cnc1-n1cc2ncc(C(F)(F)F)cc2n1. The Balaban J connectivity index is 1.90. The fourth-order valence-electron chi connectivity index (χ4n) is 3.04. The van der Waals surface area contributed by atoms with E-state index in [2.05, 4.69) is 15.1 Å². The van der Waals surface area contributed by atoms with Crippen LogP contribution in [-0.2, 0) is 16.0 Å². The van der Waals surface area contributed by atoms with E-state index in [1.54, 1.807) is 0 Å². The monoisotopic (exact) mass is 468 g/mol. The highest BCUT2D eigenvalue weighted by atomic mass is 32.2. The molecule has 32 heavy (non-hydrogen) atoms. The molecule has 0 spiro atoms. The first-order valence-corrected chi connectivity index (χ1v) is 10.8. The number of sulfone groups is 1. The number of hydrogen-bond acceptors (Lipinski definition) is 5. The van der Waals surface area contributed by atoms with Crippen LogP contribution < -0.4 is 0 Å². The fraction of sp³-hybridized carbons (Fsp3) is 0.150. The summed E-state index contributed by atoms with van der Waals surface area (Å²) in [6, 6.07) is 4.69. The van der Waals surface area contributed by atoms with Gasteiger partial charge in [-0.05, 0) is 29.8 Å². The first-order chi connectivity index (χ1) is 15.0. The maximum absolute atomic E-state index is 13.6. The molecule has 0 bridgehead atoms. The summed E-state index contributed by atoms with van der Waals surface area (Å²) in [5.41, 5.74) is -0.827. The summed E-state index contributed by atoms with van der Waals surface area (Å²) < 4.78 is 92.5. The van der Waals surface area contributed by atoms with Crippen molar-refractivity contribution in [3.05, 3.63) is 66.1 Å². The molecule has 1 aromatic carbocycles. The molecule has 0 aliphatic rings. The Bertz CT molecular complexity index is 1430. The van der Waals surface area contributed by atoms with Gasteiger partial charge in [0.25, 0.3) is 0 Å². The predicted octanol–water partition coefficient (Wildman–Crippen LogP) is 4.57. The van der Waals surface area contributed by atoms with E-state index in [1.165, 1.54) is 25.4 Å². The second-order valence-electron chi connectivity index (χ2n) is 6.81. The Morgan fingerprint density at radius 2 is 1.59 bits per heavy atom. The van der Waals surface area contributed by atoms with Crippen molar-refractivity contribution in [3.8, 4) is 16.9 Å². The molecule has 0 fully saturated rings. The lowest BCUT2D eigenvalue weighted by Crippen LogP contribution is -2.11. The van der Waals surface area contributed by atoms with E-state index in [4.69, 9.17) is 0 Å². The van der Waals surface area contributed by atoms with Gasteiger partial charge in [-0.1, -0.05) is 6.92 Å². The average Bonchev–Trinajstić information content (AvgIpc) is 3.15. The maximum Gasteiger partial charge on any atom is 0.417 e. The average molecular weight is 468 g/mol. The Morgan fingerprint density at radius 3 is 2.22 bits per heavy atom. The van der Waals surface area contributed by atoms with Crippen LogP contribution in [0.1, 0.15) is 12.5 Å². The van der Waals surface area contributed by atoms with Crippen molar-refractivity contribution in [3.63, 3.8) is 0 Å². The largest absolute Gasteiger partial charge is 0.417 e. The molecule has 0 atom stereocenters. The smallest absolute Gasteiger partial charge is 0.252 e. The number of rotatable bonds is 4. The van der Waals surface area contributed by atoms with E-state index in [9.17, 15) is 30.4 Å². The van der Waals surface area contributed by atoms with Crippen LogP contribution in [0, 0.1) is 11.6 Å². The van der Waals surface area contributed by atoms with E-state index < -0.39 is 33.2 Å². The second kappa shape index (κ2) is 7.62. The quantitative estimate of drug-likeness (QED) is 0.410. The third-order valence-corrected chi connectivity index (χ3v) is 6.38. The third kappa shape index (κ3) is 4.05. The number of hydrogen-bond donors (Lipinski definition) is 0. The summed E-state index contributed by atoms with van der Waals surface area (Å²) in [6.45, 7) is 1.39. The molecular weight excluding hydrogens is 455 g/mol. The first kappa shape index (κ1) is 21.8. The zero-order valence-corrected chi connectivity index (χ0v) is 17.0. The molecule has 3 heterocycles. The Morgan fingerprint density at radius 1 is 0.906 bits per heavy atom. The van der Waals surface area contributed by atoms with Gasteiger partial charge in [0, 0.05) is 24.0 Å². The molecule has 166 valence electrons. The van der Waals surface area contributed by atoms with Crippen LogP contribution >= 0.6 is 0 Å². The van der Waals surface area contributed by atoms with Gasteiger partial charge in [0.15, 0.2) is 15.7 Å². The van der Waals surface area contributed by atoms with Gasteiger partial charge in [-0.2, -0.15) is 18.3 Å². The summed E-state index contributed by atoms with van der Waals surface area (Å²) in [7, 11) is -3.91. The van der Waals surface area contributed by atoms with Gasteiger partial charge in [-0.3, -0.25) is 4.98 Å². The number of fused-ring (bicyclic) bond motifs is 1. The highest BCUT2D eigenvalue weighted by Crippen LogP contribution is 2.31. The van der Waals surface area contributed by atoms with Crippen molar-refractivity contribution in [1.82, 2.24) is 19.7 Å². The van der Waals surface area contributed by atoms with Gasteiger partial charge in [-0.15, -0.1) is 0 Å². The van der Waals surface area contributed by atoms with Gasteiger partial charge >= 0.3 is 6.18 Å². The number of benzene rings is 1. The zero-order chi connectivity index (χ0) is 23.3. The molecule has 0 saturated heterocycles. The van der Waals surface area contributed by atoms with Crippen molar-refractivity contribution in [2.24, 2.45) is 0 Å². The van der Waals surface area contributed by atoms with Crippen LogP contribution in [0.4, 0.5) is 22.0 Å². The van der Waals surface area contributed by atoms with Gasteiger partial charge in [0.05, 0.1) is 17.5 Å². The molecule has 4 aromatic rings. The Labute approximate surface area is 178 Å². The van der Waals surface area contributed by atoms with E-state index >= 15 is 0 Å². The minimum atomic E-state index is -4.62. The number of pyridine rings is 2. The van der Waals surface area contributed by atoms with Crippen molar-refractivity contribution >= 4 is 20.9 Å². The summed E-state index contributed by atoms with van der Waals surface area (Å²) in [6.07, 6.45) is -1.54. The second-order valence-corrected chi connectivity index (χ2v) is 9.05. The molecule has 0 aliphatic heterocycles. The number of alkyl halides is 3. The zero-order valence-electron chi connectivity index (χ0n) is 16.2. The van der Waals surface area contributed by atoms with Gasteiger partial charge in [-0.25, -0.2) is 26.9 Å². The first-order valence-electron chi connectivity index (χ1n) is 9.10. The number of halogens is 5. The van der Waals surface area contributed by atoms with Gasteiger partial charge in [0.1, 0.15) is 27.6 Å². The van der Waals surface area contributed by atoms with Crippen LogP contribution in [0.3, 0.4) is 0 Å². The molecule has 0 amide bonds. The predicted molar refractivity (Wildman–Crippen MR) is 105 cm³/mol. The lowest BCUT2D eigenvalue weighted by Gasteiger charge is -2.11. The standard InChI is InChI=1S/C20H13F5N4O2S/c1-2-32(30,31)18-5-12(11-3-14(21)7-15(22)4-11)8-27-19(18)29-10-17-16(28-29)6-13(9-26-17)20(23,24)25/h3-10H,2H2,1H3. The third-order valence-electron chi connectivity index (χ3n) is 4.65. The van der Waals surface area contributed by atoms with Gasteiger partial charge in [0.2, 0.25) is 0 Å². The van der Waals surface area contributed by atoms with Crippen LogP contribution in [0.2, 0.25) is 0 Å². The molecular formula is C20H13F5N4O2S. The molecule has 0 saturated carbocycles. The molecule has 0 aliphatic carbocycles. The van der Waals surface area contributed by atoms with Crippen molar-refractivity contribution < 1.29 is 30.4 Å². The van der Waals surface area contributed by atoms with Crippen molar-refractivity contribution in [1.29, 1.82) is 0 Å². The maximum atomic E-state index is 13.6. The van der Waals surface area contributed by atoms with E-state index in [0.717, 1.165) is 22.9 Å². The van der Waals surface area contributed by atoms with Crippen molar-refractivity contribution in [2.45, 2.75) is 18.0 Å². The highest BCUT2D eigenvalue weighted by Gasteiger charge is 2.31. The summed E-state index contributed by atoms with van der Waals surface area (Å²) in [5, 5.41) is 4.00. The van der Waals surface area contributed by atoms with Crippen LogP contribution in [0.5, 0.6) is 0 Å². The lowest BCUT2D eigenvalue weighted by atomic mass is 10.1. The van der Waals surface area contributed by atoms with Crippen molar-refractivity contribution in [2.75, 3.05) is 5.75 Å². The molecule has 3 aromatic heterocycles. The molecule has 0 N–H and O–H groups in total. The summed E-state index contributed by atoms with van der Waals surface area (Å²) >= 11 is 0. The van der Waals surface area contributed by atoms with E-state index in [1.807, 2.05) is 0 Å². The molecule has 12 heteroatoms. The fourth-order valence-corrected chi connectivity index (χ4v) is 4.08. The van der Waals surface area contributed by atoms with Crippen LogP contribution in [0.15, 0.2) is 53.8 Å². The van der Waals surface area contributed by atoms with Crippen LogP contribution in [-0.4, -0.2) is 33.9 Å². The highest BCUT2D eigenvalue weighted by molar-refractivity contribution is 7.91. The molecule has 4 rings (SSSR count). The topological polar surface area (TPSA) is 77.7 Å². The Kier molecular flexibility index (Phi) is 5.19. The minimum absolute atomic E-state index is 0.0659. The number of nitrogens with zero attached hydrogens (tertiary/aromatic N) is 4. The normalized spacial score (nSPS) is 12.4. The lowest BCUT2D eigenvalue weighted by molar-refractivity contribution is -0.137. The van der Waals surface area contributed by atoms with E-state index in [0.29, 0.717) is 12.3 Å². The Hall–Kier alpha value is -3.41. The molecule has 0 unspecified atom stereocenters. The van der Waals surface area contributed by atoms with Crippen LogP contribution in [0.25, 0.3) is 28.0 Å². The van der Waals surface area contributed by atoms with Gasteiger partial charge < -0.3 is 0 Å². The molecule has 6 nitrogen and oxygen atoms in total.